The van der Waals surface area contributed by atoms with Gasteiger partial charge in [-0.1, -0.05) is 18.2 Å². The molecular formula is C22H24N4O3. The third-order valence-corrected chi connectivity index (χ3v) is 5.64. The minimum absolute atomic E-state index is 0.0665. The molecule has 2 aromatic rings. The lowest BCUT2D eigenvalue weighted by Gasteiger charge is -2.20. The van der Waals surface area contributed by atoms with Gasteiger partial charge < -0.3 is 4.90 Å². The van der Waals surface area contributed by atoms with Crippen LogP contribution in [0.4, 0.5) is 16.3 Å². The van der Waals surface area contributed by atoms with Crippen LogP contribution in [0.1, 0.15) is 48.0 Å². The van der Waals surface area contributed by atoms with Gasteiger partial charge in [-0.15, -0.1) is 0 Å². The zero-order valence-corrected chi connectivity index (χ0v) is 16.4. The van der Waals surface area contributed by atoms with Crippen molar-refractivity contribution in [2.45, 2.75) is 32.1 Å². The predicted octanol–water partition coefficient (Wildman–Crippen LogP) is 3.43. The molecule has 0 bridgehead atoms. The number of benzene rings is 1. The Bertz CT molecular complexity index is 941. The van der Waals surface area contributed by atoms with Gasteiger partial charge in [0.05, 0.1) is 0 Å². The summed E-state index contributed by atoms with van der Waals surface area (Å²) in [5.74, 6) is 0.760. The van der Waals surface area contributed by atoms with Crippen molar-refractivity contribution in [3.05, 3.63) is 53.7 Å². The molecule has 3 heterocycles. The summed E-state index contributed by atoms with van der Waals surface area (Å²) in [6.07, 6.45) is 3.87. The van der Waals surface area contributed by atoms with Crippen LogP contribution in [-0.2, 0) is 4.79 Å². The average Bonchev–Trinajstić information content (AvgIpc) is 3.30. The highest BCUT2D eigenvalue weighted by molar-refractivity contribution is 6.03. The summed E-state index contributed by atoms with van der Waals surface area (Å²) in [7, 11) is 0. The fourth-order valence-electron chi connectivity index (χ4n) is 4.04. The highest BCUT2D eigenvalue weighted by Gasteiger charge is 2.33. The van der Waals surface area contributed by atoms with E-state index in [2.05, 4.69) is 16.4 Å². The van der Waals surface area contributed by atoms with Crippen molar-refractivity contribution in [2.24, 2.45) is 0 Å². The molecule has 0 radical (unpaired) electrons. The lowest BCUT2D eigenvalue weighted by atomic mass is 9.98. The van der Waals surface area contributed by atoms with Gasteiger partial charge in [0.15, 0.2) is 5.78 Å². The number of urea groups is 1. The van der Waals surface area contributed by atoms with Gasteiger partial charge >= 0.3 is 6.03 Å². The van der Waals surface area contributed by atoms with Gasteiger partial charge in [-0.25, -0.2) is 9.78 Å². The number of fused-ring (bicyclic) bond motifs is 1. The smallest absolute Gasteiger partial charge is 0.327 e. The molecule has 1 atom stereocenters. The summed E-state index contributed by atoms with van der Waals surface area (Å²) < 4.78 is 0. The molecule has 1 aromatic carbocycles. The van der Waals surface area contributed by atoms with Crippen molar-refractivity contribution >= 4 is 29.2 Å². The van der Waals surface area contributed by atoms with E-state index in [0.717, 1.165) is 37.2 Å². The van der Waals surface area contributed by atoms with E-state index in [1.807, 2.05) is 23.1 Å². The predicted molar refractivity (Wildman–Crippen MR) is 110 cm³/mol. The van der Waals surface area contributed by atoms with E-state index in [-0.39, 0.29) is 23.6 Å². The number of pyridine rings is 1. The monoisotopic (exact) mass is 392 g/mol. The molecule has 3 amide bonds. The Hall–Kier alpha value is -3.22. The molecule has 1 aromatic heterocycles. The molecule has 1 fully saturated rings. The molecule has 0 spiro atoms. The molecule has 150 valence electrons. The van der Waals surface area contributed by atoms with Gasteiger partial charge in [-0.2, -0.15) is 0 Å². The van der Waals surface area contributed by atoms with Gasteiger partial charge in [0, 0.05) is 49.4 Å². The number of hydrogen-bond acceptors (Lipinski definition) is 4. The van der Waals surface area contributed by atoms with E-state index in [1.54, 1.807) is 17.0 Å². The fraction of sp³-hybridized carbons (Fsp3) is 0.364. The first-order chi connectivity index (χ1) is 14.0. The van der Waals surface area contributed by atoms with Crippen molar-refractivity contribution in [1.82, 2.24) is 9.88 Å². The first kappa shape index (κ1) is 19.1. The van der Waals surface area contributed by atoms with E-state index in [0.29, 0.717) is 24.3 Å². The summed E-state index contributed by atoms with van der Waals surface area (Å²) in [5.41, 5.74) is 2.53. The number of para-hydroxylation sites is 1. The third-order valence-electron chi connectivity index (χ3n) is 5.64. The van der Waals surface area contributed by atoms with Crippen molar-refractivity contribution in [3.63, 3.8) is 0 Å². The first-order valence-corrected chi connectivity index (χ1v) is 9.95. The lowest BCUT2D eigenvalue weighted by Crippen LogP contribution is -2.35. The molecule has 1 N–H and O–H groups in total. The van der Waals surface area contributed by atoms with Gasteiger partial charge in [0.25, 0.3) is 0 Å². The summed E-state index contributed by atoms with van der Waals surface area (Å²) in [6, 6.07) is 10.9. The number of aromatic nitrogens is 1. The second kappa shape index (κ2) is 8.03. The van der Waals surface area contributed by atoms with Crippen LogP contribution in [0, 0.1) is 0 Å². The Labute approximate surface area is 169 Å². The van der Waals surface area contributed by atoms with E-state index in [4.69, 9.17) is 0 Å². The molecule has 1 unspecified atom stereocenters. The Kier molecular flexibility index (Phi) is 5.29. The largest absolute Gasteiger partial charge is 0.343 e. The molecule has 0 aliphatic carbocycles. The van der Waals surface area contributed by atoms with E-state index in [9.17, 15) is 14.4 Å². The van der Waals surface area contributed by atoms with Crippen LogP contribution in [0.15, 0.2) is 42.6 Å². The maximum absolute atomic E-state index is 12.9. The second-order valence-corrected chi connectivity index (χ2v) is 7.56. The van der Waals surface area contributed by atoms with Crippen molar-refractivity contribution < 1.29 is 14.4 Å². The first-order valence-electron chi connectivity index (χ1n) is 9.95. The van der Waals surface area contributed by atoms with E-state index >= 15 is 0 Å². The maximum atomic E-state index is 12.9. The topological polar surface area (TPSA) is 82.6 Å². The molecule has 2 aliphatic rings. The van der Waals surface area contributed by atoms with Crippen LogP contribution in [0.2, 0.25) is 0 Å². The highest BCUT2D eigenvalue weighted by Crippen LogP contribution is 2.38. The Balaban J connectivity index is 1.45. The minimum Gasteiger partial charge on any atom is -0.343 e. The Morgan fingerprint density at radius 1 is 1.21 bits per heavy atom. The normalized spacial score (nSPS) is 18.1. The van der Waals surface area contributed by atoms with E-state index in [1.165, 1.54) is 13.1 Å². The van der Waals surface area contributed by atoms with Gasteiger partial charge in [0.2, 0.25) is 5.91 Å². The van der Waals surface area contributed by atoms with Crippen molar-refractivity contribution in [2.75, 3.05) is 29.9 Å². The molecule has 7 heteroatoms. The standard InChI is InChI=1S/C22H24N4O3/c1-15(27)16-8-9-20(23-13-16)24-22(29)26-14-17(18-5-2-3-6-19(18)26)10-12-25-11-4-7-21(25)28/h2-3,5-6,8-9,13,17H,4,7,10-12,14H2,1H3,(H,23,24,29). The number of rotatable bonds is 5. The number of Topliss-reactive ketones (excluding diaryl/α,β-unsaturated/α-hetero) is 1. The number of carbonyl (C=O) groups is 3. The average molecular weight is 392 g/mol. The molecule has 0 saturated carbocycles. The molecule has 29 heavy (non-hydrogen) atoms. The number of nitrogens with zero attached hydrogens (tertiary/aromatic N) is 3. The fourth-order valence-corrected chi connectivity index (χ4v) is 4.04. The van der Waals surface area contributed by atoms with E-state index < -0.39 is 0 Å². The quantitative estimate of drug-likeness (QED) is 0.791. The van der Waals surface area contributed by atoms with Crippen molar-refractivity contribution in [3.8, 4) is 0 Å². The second-order valence-electron chi connectivity index (χ2n) is 7.56. The zero-order chi connectivity index (χ0) is 20.4. The minimum atomic E-state index is -0.250. The van der Waals surface area contributed by atoms with Crippen LogP contribution in [-0.4, -0.2) is 47.2 Å². The maximum Gasteiger partial charge on any atom is 0.327 e. The molecular weight excluding hydrogens is 368 g/mol. The number of hydrogen-bond donors (Lipinski definition) is 1. The van der Waals surface area contributed by atoms with Gasteiger partial charge in [-0.3, -0.25) is 19.8 Å². The summed E-state index contributed by atoms with van der Waals surface area (Å²) in [4.78, 5) is 44.0. The van der Waals surface area contributed by atoms with Crippen LogP contribution in [0.5, 0.6) is 0 Å². The molecule has 4 rings (SSSR count). The highest BCUT2D eigenvalue weighted by atomic mass is 16.2. The Morgan fingerprint density at radius 3 is 2.72 bits per heavy atom. The van der Waals surface area contributed by atoms with Crippen LogP contribution >= 0.6 is 0 Å². The summed E-state index contributed by atoms with van der Waals surface area (Å²) >= 11 is 0. The number of likely N-dealkylation sites (tertiary alicyclic amines) is 1. The summed E-state index contributed by atoms with van der Waals surface area (Å²) in [6.45, 7) is 3.60. The molecule has 1 saturated heterocycles. The van der Waals surface area contributed by atoms with Crippen LogP contribution in [0.3, 0.4) is 0 Å². The number of anilines is 2. The van der Waals surface area contributed by atoms with Gasteiger partial charge in [-0.05, 0) is 43.5 Å². The molecule has 2 aliphatic heterocycles. The summed E-state index contributed by atoms with van der Waals surface area (Å²) in [5, 5.41) is 2.82. The number of carbonyl (C=O) groups excluding carboxylic acids is 3. The molecule has 7 nitrogen and oxygen atoms in total. The number of amides is 3. The third kappa shape index (κ3) is 3.99. The Morgan fingerprint density at radius 2 is 2.03 bits per heavy atom. The van der Waals surface area contributed by atoms with Crippen LogP contribution < -0.4 is 10.2 Å². The van der Waals surface area contributed by atoms with Crippen molar-refractivity contribution in [1.29, 1.82) is 0 Å². The number of nitrogens with one attached hydrogen (secondary N) is 1. The number of ketones is 1. The van der Waals surface area contributed by atoms with Gasteiger partial charge in [0.1, 0.15) is 5.82 Å². The van der Waals surface area contributed by atoms with Crippen LogP contribution in [0.25, 0.3) is 0 Å². The lowest BCUT2D eigenvalue weighted by molar-refractivity contribution is -0.127. The zero-order valence-electron chi connectivity index (χ0n) is 16.4. The SMILES string of the molecule is CC(=O)c1ccc(NC(=O)N2CC(CCN3CCCC3=O)c3ccccc32)nc1.